The Bertz CT molecular complexity index is 2310. The van der Waals surface area contributed by atoms with Gasteiger partial charge in [0.25, 0.3) is 0 Å². The number of halogens is 2. The number of rotatable bonds is 8. The predicted molar refractivity (Wildman–Crippen MR) is 193 cm³/mol. The number of likely N-dealkylation sites (N-methyl/N-ethyl adjacent to an activating group) is 1. The summed E-state index contributed by atoms with van der Waals surface area (Å²) >= 11 is 8.32. The van der Waals surface area contributed by atoms with Crippen LogP contribution in [-0.4, -0.2) is 75.8 Å². The standard InChI is InChI=1S/C34H34ClFN10O5S/c1-34(2,3)50-33(48)43-31-17(10-37)23-16(6-7-20(36)27(23)52-31)22-18-13-49-14-19(18)24-26(25(22)35)41-32(46-9-8-15(12-46)45(4)5)42-29(24)39-11-21-40-30(28(38)47)51-44-21/h6-7,15H,8-9,11-14H2,1-5H3,(H2,38,47)(H,43,48)(H,39,41,42)/t15-/m0/s1. The number of anilines is 3. The lowest BCUT2D eigenvalue weighted by Crippen LogP contribution is -2.32. The summed E-state index contributed by atoms with van der Waals surface area (Å²) in [6, 6.07) is 5.32. The molecule has 2 aliphatic heterocycles. The van der Waals surface area contributed by atoms with E-state index in [4.69, 9.17) is 41.3 Å². The molecule has 3 aromatic heterocycles. The Balaban J connectivity index is 1.42. The van der Waals surface area contributed by atoms with Gasteiger partial charge in [-0.15, -0.1) is 11.3 Å². The maximum absolute atomic E-state index is 15.5. The predicted octanol–water partition coefficient (Wildman–Crippen LogP) is 5.79. The van der Waals surface area contributed by atoms with Crippen LogP contribution in [0, 0.1) is 17.1 Å². The molecule has 0 spiro atoms. The average Bonchev–Trinajstić information content (AvgIpc) is 3.90. The normalized spacial score (nSPS) is 15.8. The molecule has 5 aromatic rings. The van der Waals surface area contributed by atoms with Crippen LogP contribution in [0.2, 0.25) is 5.02 Å². The van der Waals surface area contributed by atoms with Crippen molar-refractivity contribution in [3.05, 3.63) is 51.4 Å². The van der Waals surface area contributed by atoms with Gasteiger partial charge in [-0.2, -0.15) is 15.2 Å². The highest BCUT2D eigenvalue weighted by molar-refractivity contribution is 7.23. The Morgan fingerprint density at radius 3 is 2.65 bits per heavy atom. The van der Waals surface area contributed by atoms with E-state index in [9.17, 15) is 14.9 Å². The third-order valence-corrected chi connectivity index (χ3v) is 10.3. The second-order valence-corrected chi connectivity index (χ2v) is 15.1. The summed E-state index contributed by atoms with van der Waals surface area (Å²) in [5.41, 5.74) is 7.45. The smallest absolute Gasteiger partial charge is 0.412 e. The second kappa shape index (κ2) is 13.4. The minimum absolute atomic E-state index is 0.0318. The van der Waals surface area contributed by atoms with Gasteiger partial charge < -0.3 is 34.8 Å². The topological polar surface area (TPSA) is 198 Å². The number of benzene rings is 2. The van der Waals surface area contributed by atoms with Gasteiger partial charge in [-0.1, -0.05) is 22.8 Å². The number of carbonyl (C=O) groups is 2. The molecular formula is C34H34ClFN10O5S. The fourth-order valence-corrected chi connectivity index (χ4v) is 7.90. The van der Waals surface area contributed by atoms with Gasteiger partial charge in [0.15, 0.2) is 5.82 Å². The van der Waals surface area contributed by atoms with E-state index in [1.807, 2.05) is 14.1 Å². The van der Waals surface area contributed by atoms with Gasteiger partial charge in [0.05, 0.1) is 45.9 Å². The molecule has 270 valence electrons. The second-order valence-electron chi connectivity index (χ2n) is 13.7. The van der Waals surface area contributed by atoms with Crippen molar-refractivity contribution < 1.29 is 28.0 Å². The van der Waals surface area contributed by atoms with Crippen LogP contribution in [-0.2, 0) is 29.2 Å². The van der Waals surface area contributed by atoms with E-state index in [-0.39, 0.29) is 63.2 Å². The first-order valence-electron chi connectivity index (χ1n) is 16.3. The van der Waals surface area contributed by atoms with Crippen molar-refractivity contribution in [1.82, 2.24) is 25.0 Å². The molecule has 4 N–H and O–H groups in total. The van der Waals surface area contributed by atoms with Crippen molar-refractivity contribution in [2.45, 2.75) is 58.6 Å². The van der Waals surface area contributed by atoms with Crippen LogP contribution >= 0.6 is 22.9 Å². The zero-order valence-corrected chi connectivity index (χ0v) is 30.5. The van der Waals surface area contributed by atoms with E-state index in [2.05, 4.69) is 36.6 Å². The monoisotopic (exact) mass is 748 g/mol. The van der Waals surface area contributed by atoms with Crippen LogP contribution < -0.4 is 21.3 Å². The molecule has 1 fully saturated rings. The maximum Gasteiger partial charge on any atom is 0.412 e. The van der Waals surface area contributed by atoms with Crippen molar-refractivity contribution in [2.75, 3.05) is 42.7 Å². The largest absolute Gasteiger partial charge is 0.444 e. The quantitative estimate of drug-likeness (QED) is 0.173. The van der Waals surface area contributed by atoms with Crippen LogP contribution in [0.5, 0.6) is 0 Å². The number of thiophene rings is 1. The molecule has 2 aliphatic rings. The first-order chi connectivity index (χ1) is 24.7. The Hall–Kier alpha value is -5.15. The zero-order valence-electron chi connectivity index (χ0n) is 28.9. The summed E-state index contributed by atoms with van der Waals surface area (Å²) in [5, 5.41) is 21.4. The highest BCUT2D eigenvalue weighted by atomic mass is 35.5. The van der Waals surface area contributed by atoms with Crippen molar-refractivity contribution in [3.8, 4) is 17.2 Å². The number of ether oxygens (including phenoxy) is 2. The fraction of sp³-hybridized carbons (Fsp3) is 0.382. The molecule has 2 amide bonds. The summed E-state index contributed by atoms with van der Waals surface area (Å²) < 4.78 is 32.0. The summed E-state index contributed by atoms with van der Waals surface area (Å²) in [5.74, 6) is -0.700. The minimum Gasteiger partial charge on any atom is -0.444 e. The van der Waals surface area contributed by atoms with Gasteiger partial charge in [0.1, 0.15) is 28.3 Å². The number of nitrogens with one attached hydrogen (secondary N) is 2. The average molecular weight is 749 g/mol. The summed E-state index contributed by atoms with van der Waals surface area (Å²) in [7, 11) is 4.05. The molecule has 18 heteroatoms. The number of nitriles is 1. The molecular weight excluding hydrogens is 715 g/mol. The Morgan fingerprint density at radius 1 is 1.21 bits per heavy atom. The number of nitrogens with zero attached hydrogens (tertiary/aromatic N) is 7. The number of hydrogen-bond acceptors (Lipinski definition) is 14. The molecule has 0 unspecified atom stereocenters. The number of carbonyl (C=O) groups excluding carboxylic acids is 2. The lowest BCUT2D eigenvalue weighted by atomic mass is 9.91. The molecule has 0 radical (unpaired) electrons. The fourth-order valence-electron chi connectivity index (χ4n) is 6.47. The van der Waals surface area contributed by atoms with E-state index in [0.29, 0.717) is 52.4 Å². The van der Waals surface area contributed by atoms with Crippen LogP contribution in [0.4, 0.5) is 26.0 Å². The van der Waals surface area contributed by atoms with Crippen LogP contribution in [0.15, 0.2) is 16.7 Å². The summed E-state index contributed by atoms with van der Waals surface area (Å²) in [4.78, 5) is 42.6. The molecule has 0 saturated carbocycles. The lowest BCUT2D eigenvalue weighted by Gasteiger charge is -2.23. The molecule has 52 heavy (non-hydrogen) atoms. The van der Waals surface area contributed by atoms with Crippen LogP contribution in [0.1, 0.15) is 60.4 Å². The number of aromatic nitrogens is 4. The molecule has 1 atom stereocenters. The number of primary amides is 1. The Morgan fingerprint density at radius 2 is 1.98 bits per heavy atom. The van der Waals surface area contributed by atoms with E-state index in [0.717, 1.165) is 23.3 Å². The third-order valence-electron chi connectivity index (χ3n) is 8.84. The zero-order chi connectivity index (χ0) is 37.1. The lowest BCUT2D eigenvalue weighted by molar-refractivity contribution is 0.0636. The number of amides is 2. The molecule has 0 aliphatic carbocycles. The van der Waals surface area contributed by atoms with Crippen molar-refractivity contribution in [1.29, 1.82) is 5.26 Å². The van der Waals surface area contributed by atoms with Crippen LogP contribution in [0.25, 0.3) is 32.1 Å². The molecule has 7 rings (SSSR count). The van der Waals surface area contributed by atoms with Gasteiger partial charge in [-0.05, 0) is 64.0 Å². The molecule has 15 nitrogen and oxygen atoms in total. The molecule has 0 bridgehead atoms. The first-order valence-corrected chi connectivity index (χ1v) is 17.5. The molecule has 2 aromatic carbocycles. The van der Waals surface area contributed by atoms with Gasteiger partial charge in [0.2, 0.25) is 5.95 Å². The van der Waals surface area contributed by atoms with Crippen molar-refractivity contribution >= 4 is 72.7 Å². The van der Waals surface area contributed by atoms with Gasteiger partial charge in [-0.3, -0.25) is 10.1 Å². The van der Waals surface area contributed by atoms with Gasteiger partial charge in [-0.25, -0.2) is 14.2 Å². The summed E-state index contributed by atoms with van der Waals surface area (Å²) in [6.07, 6.45) is 0.125. The molecule has 5 heterocycles. The van der Waals surface area contributed by atoms with E-state index in [1.165, 1.54) is 6.07 Å². The Kier molecular flexibility index (Phi) is 9.11. The number of fused-ring (bicyclic) bond motifs is 4. The SMILES string of the molecule is CN(C)[C@H]1CCN(c2nc(NCc3noc(C(N)=O)n3)c3c4c(c(-c5ccc(F)c6sc(NC(=O)OC(C)(C)C)c(C#N)c56)c(Cl)c3n2)COC4)C1. The molecule has 1 saturated heterocycles. The van der Waals surface area contributed by atoms with Gasteiger partial charge in [0, 0.05) is 30.1 Å². The maximum atomic E-state index is 15.5. The van der Waals surface area contributed by atoms with E-state index < -0.39 is 23.4 Å². The van der Waals surface area contributed by atoms with Crippen molar-refractivity contribution in [3.63, 3.8) is 0 Å². The number of nitrogens with two attached hydrogens (primary N) is 1. The van der Waals surface area contributed by atoms with Crippen molar-refractivity contribution in [2.24, 2.45) is 5.73 Å². The summed E-state index contributed by atoms with van der Waals surface area (Å²) in [6.45, 7) is 6.92. The van der Waals surface area contributed by atoms with Gasteiger partial charge >= 0.3 is 17.9 Å². The first kappa shape index (κ1) is 35.3. The minimum atomic E-state index is -0.847. The Labute approximate surface area is 305 Å². The third kappa shape index (κ3) is 6.43. The van der Waals surface area contributed by atoms with E-state index >= 15 is 4.39 Å². The van der Waals surface area contributed by atoms with Crippen LogP contribution in [0.3, 0.4) is 0 Å². The highest BCUT2D eigenvalue weighted by Crippen LogP contribution is 2.50. The van der Waals surface area contributed by atoms with E-state index in [1.54, 1.807) is 26.8 Å². The number of hydrogen-bond donors (Lipinski definition) is 3. The highest BCUT2D eigenvalue weighted by Gasteiger charge is 2.33.